The van der Waals surface area contributed by atoms with Crippen molar-refractivity contribution in [3.8, 4) is 0 Å². The van der Waals surface area contributed by atoms with Crippen LogP contribution in [0.3, 0.4) is 0 Å². The van der Waals surface area contributed by atoms with Crippen molar-refractivity contribution in [2.75, 3.05) is 0 Å². The zero-order chi connectivity index (χ0) is 9.12. The maximum atomic E-state index is 9.64. The van der Waals surface area contributed by atoms with Gasteiger partial charge >= 0.3 is 17.1 Å². The van der Waals surface area contributed by atoms with Crippen molar-refractivity contribution in [3.05, 3.63) is 0 Å². The third-order valence-corrected chi connectivity index (χ3v) is 6.37. The first-order valence-electron chi connectivity index (χ1n) is 3.92. The van der Waals surface area contributed by atoms with Crippen molar-refractivity contribution in [2.24, 2.45) is 0 Å². The lowest BCUT2D eigenvalue weighted by molar-refractivity contribution is 0.314. The van der Waals surface area contributed by atoms with Gasteiger partial charge in [-0.05, 0) is 25.7 Å². The van der Waals surface area contributed by atoms with Gasteiger partial charge in [0, 0.05) is 0 Å². The Hall–Kier alpha value is 0.314. The minimum atomic E-state index is -2.53. The Morgan fingerprint density at radius 2 is 1.64 bits per heavy atom. The van der Waals surface area contributed by atoms with Gasteiger partial charge in [0.05, 0.1) is 0 Å². The molecule has 0 aliphatic heterocycles. The fraction of sp³-hybridized carbons (Fsp3) is 1.00. The summed E-state index contributed by atoms with van der Waals surface area (Å²) < 4.78 is 5.25. The van der Waals surface area contributed by atoms with Crippen LogP contribution in [0, 0.1) is 0 Å². The average molecular weight is 194 g/mol. The van der Waals surface area contributed by atoms with Crippen LogP contribution in [0.2, 0.25) is 25.7 Å². The van der Waals surface area contributed by atoms with Crippen LogP contribution in [-0.4, -0.2) is 26.7 Å². The van der Waals surface area contributed by atoms with Crippen LogP contribution >= 0.6 is 0 Å². The summed E-state index contributed by atoms with van der Waals surface area (Å²) in [5.74, 6) is 0. The molecule has 0 aromatic carbocycles. The van der Waals surface area contributed by atoms with Crippen LogP contribution in [-0.2, 0) is 4.12 Å². The summed E-state index contributed by atoms with van der Waals surface area (Å²) in [5, 5.41) is 0. The second kappa shape index (κ2) is 3.82. The first-order chi connectivity index (χ1) is 4.77. The molecule has 0 aliphatic rings. The zero-order valence-corrected chi connectivity index (χ0v) is 9.72. The van der Waals surface area contributed by atoms with Gasteiger partial charge < -0.3 is 13.7 Å². The van der Waals surface area contributed by atoms with Crippen molar-refractivity contribution < 1.29 is 13.7 Å². The van der Waals surface area contributed by atoms with E-state index in [1.807, 2.05) is 6.92 Å². The lowest BCUT2D eigenvalue weighted by Gasteiger charge is -2.26. The molecular weight excluding hydrogens is 176 g/mol. The summed E-state index contributed by atoms with van der Waals surface area (Å²) in [7, 11) is -5.05. The van der Waals surface area contributed by atoms with Gasteiger partial charge in [-0.15, -0.1) is 0 Å². The Morgan fingerprint density at radius 1 is 1.18 bits per heavy atom. The number of rotatable bonds is 4. The lowest BCUT2D eigenvalue weighted by Crippen LogP contribution is -2.46. The highest BCUT2D eigenvalue weighted by Crippen LogP contribution is 2.14. The van der Waals surface area contributed by atoms with Crippen LogP contribution in [0.15, 0.2) is 0 Å². The molecule has 2 N–H and O–H groups in total. The fourth-order valence-corrected chi connectivity index (χ4v) is 6.69. The molecular formula is C6H18O3Si2. The Bertz CT molecular complexity index is 119. The molecule has 0 fully saturated rings. The maximum absolute atomic E-state index is 9.64. The molecule has 1 unspecified atom stereocenters. The van der Waals surface area contributed by atoms with E-state index in [1.54, 1.807) is 19.6 Å². The van der Waals surface area contributed by atoms with Gasteiger partial charge in [-0.3, -0.25) is 0 Å². The summed E-state index contributed by atoms with van der Waals surface area (Å²) >= 11 is 0. The van der Waals surface area contributed by atoms with Crippen molar-refractivity contribution in [1.29, 1.82) is 0 Å². The van der Waals surface area contributed by atoms with Crippen molar-refractivity contribution in [2.45, 2.75) is 39.0 Å². The summed E-state index contributed by atoms with van der Waals surface area (Å²) in [5.41, 5.74) is 0. The van der Waals surface area contributed by atoms with Gasteiger partial charge in [0.2, 0.25) is 0 Å². The van der Waals surface area contributed by atoms with Gasteiger partial charge in [0.15, 0.2) is 0 Å². The SMILES string of the molecule is CCC[Si](C)(O)O[Si](C)(C)O. The van der Waals surface area contributed by atoms with Gasteiger partial charge in [-0.1, -0.05) is 13.3 Å². The second-order valence-electron chi connectivity index (χ2n) is 3.47. The Labute approximate surface area is 70.5 Å². The standard InChI is InChI=1S/C6H18O3Si2/c1-5-6-11(4,8)9-10(2,3)7/h7-8H,5-6H2,1-4H3. The molecule has 0 saturated carbocycles. The average Bonchev–Trinajstić information content (AvgIpc) is 1.55. The van der Waals surface area contributed by atoms with E-state index >= 15 is 0 Å². The molecule has 11 heavy (non-hydrogen) atoms. The molecule has 0 heterocycles. The van der Waals surface area contributed by atoms with Gasteiger partial charge in [0.1, 0.15) is 0 Å². The van der Waals surface area contributed by atoms with E-state index in [1.165, 1.54) is 0 Å². The third kappa shape index (κ3) is 6.70. The Morgan fingerprint density at radius 3 is 1.91 bits per heavy atom. The van der Waals surface area contributed by atoms with E-state index < -0.39 is 17.1 Å². The predicted molar refractivity (Wildman–Crippen MR) is 49.7 cm³/mol. The normalized spacial score (nSPS) is 18.0. The molecule has 0 spiro atoms. The molecule has 0 rings (SSSR count). The Kier molecular flexibility index (Phi) is 3.92. The predicted octanol–water partition coefficient (Wildman–Crippen LogP) is 1.17. The van der Waals surface area contributed by atoms with Crippen molar-refractivity contribution in [1.82, 2.24) is 0 Å². The zero-order valence-electron chi connectivity index (χ0n) is 7.72. The summed E-state index contributed by atoms with van der Waals surface area (Å²) in [6.45, 7) is 7.06. The minimum absolute atomic E-state index is 0.698. The molecule has 0 aromatic rings. The largest absolute Gasteiger partial charge is 0.415 e. The van der Waals surface area contributed by atoms with Crippen LogP contribution in [0.5, 0.6) is 0 Å². The van der Waals surface area contributed by atoms with Crippen LogP contribution in [0.4, 0.5) is 0 Å². The highest BCUT2D eigenvalue weighted by atomic mass is 28.5. The number of hydrogen-bond donors (Lipinski definition) is 2. The molecule has 0 saturated heterocycles. The molecule has 0 radical (unpaired) electrons. The van der Waals surface area contributed by atoms with Crippen molar-refractivity contribution in [3.63, 3.8) is 0 Å². The fourth-order valence-electron chi connectivity index (χ4n) is 1.05. The van der Waals surface area contributed by atoms with Crippen molar-refractivity contribution >= 4 is 17.1 Å². The second-order valence-corrected chi connectivity index (χ2v) is 10.0. The van der Waals surface area contributed by atoms with Crippen LogP contribution in [0.1, 0.15) is 13.3 Å². The molecule has 0 amide bonds. The minimum Gasteiger partial charge on any atom is -0.415 e. The smallest absolute Gasteiger partial charge is 0.323 e. The molecule has 0 bridgehead atoms. The molecule has 68 valence electrons. The highest BCUT2D eigenvalue weighted by Gasteiger charge is 2.34. The lowest BCUT2D eigenvalue weighted by atomic mass is 10.6. The van der Waals surface area contributed by atoms with Gasteiger partial charge in [-0.2, -0.15) is 0 Å². The summed E-state index contributed by atoms with van der Waals surface area (Å²) in [6.07, 6.45) is 0.906. The van der Waals surface area contributed by atoms with Gasteiger partial charge in [0.25, 0.3) is 0 Å². The summed E-state index contributed by atoms with van der Waals surface area (Å²) in [6, 6.07) is 0.698. The molecule has 0 aliphatic carbocycles. The Balaban J connectivity index is 3.91. The van der Waals surface area contributed by atoms with E-state index in [2.05, 4.69) is 0 Å². The molecule has 0 aromatic heterocycles. The van der Waals surface area contributed by atoms with E-state index in [9.17, 15) is 9.59 Å². The van der Waals surface area contributed by atoms with Gasteiger partial charge in [-0.25, -0.2) is 0 Å². The van der Waals surface area contributed by atoms with E-state index in [-0.39, 0.29) is 0 Å². The maximum Gasteiger partial charge on any atom is 0.323 e. The first-order valence-corrected chi connectivity index (χ1v) is 9.33. The molecule has 1 atom stereocenters. The topological polar surface area (TPSA) is 49.7 Å². The number of hydrogen-bond acceptors (Lipinski definition) is 3. The van der Waals surface area contributed by atoms with E-state index in [0.29, 0.717) is 6.04 Å². The molecule has 3 nitrogen and oxygen atoms in total. The first kappa shape index (κ1) is 11.3. The highest BCUT2D eigenvalue weighted by molar-refractivity contribution is 6.78. The third-order valence-electron chi connectivity index (χ3n) is 1.18. The van der Waals surface area contributed by atoms with Crippen LogP contribution < -0.4 is 0 Å². The monoisotopic (exact) mass is 194 g/mol. The van der Waals surface area contributed by atoms with E-state index in [0.717, 1.165) is 6.42 Å². The van der Waals surface area contributed by atoms with Crippen LogP contribution in [0.25, 0.3) is 0 Å². The summed E-state index contributed by atoms with van der Waals surface area (Å²) in [4.78, 5) is 19.0. The molecule has 5 heteroatoms. The quantitative estimate of drug-likeness (QED) is 0.661. The van der Waals surface area contributed by atoms with E-state index in [4.69, 9.17) is 4.12 Å².